The van der Waals surface area contributed by atoms with Crippen LogP contribution in [0.5, 0.6) is 0 Å². The topological polar surface area (TPSA) is 63.5 Å². The van der Waals surface area contributed by atoms with Crippen LogP contribution in [-0.4, -0.2) is 35.9 Å². The monoisotopic (exact) mass is 401 g/mol. The molecule has 1 heterocycles. The fraction of sp³-hybridized carbons (Fsp3) is 0.208. The van der Waals surface area contributed by atoms with Gasteiger partial charge in [0.05, 0.1) is 18.9 Å². The molecule has 0 spiro atoms. The van der Waals surface area contributed by atoms with Crippen LogP contribution in [0.2, 0.25) is 0 Å². The van der Waals surface area contributed by atoms with E-state index in [0.717, 1.165) is 21.9 Å². The Labute approximate surface area is 175 Å². The smallest absolute Gasteiger partial charge is 0.418 e. The Hall–Kier alpha value is -3.67. The maximum atomic E-state index is 13.0. The number of benzene rings is 3. The molecule has 1 unspecified atom stereocenters. The Morgan fingerprint density at radius 2 is 1.63 bits per heavy atom. The van der Waals surface area contributed by atoms with Gasteiger partial charge in [0, 0.05) is 5.56 Å². The predicted molar refractivity (Wildman–Crippen MR) is 118 cm³/mol. The van der Waals surface area contributed by atoms with Gasteiger partial charge < -0.3 is 9.47 Å². The van der Waals surface area contributed by atoms with E-state index in [9.17, 15) is 4.79 Å². The number of rotatable bonds is 4. The summed E-state index contributed by atoms with van der Waals surface area (Å²) in [5.74, 6) is 0. The van der Waals surface area contributed by atoms with Crippen molar-refractivity contribution in [2.24, 2.45) is 10.2 Å². The molecule has 0 saturated heterocycles. The second-order valence-electron chi connectivity index (χ2n) is 6.74. The quantitative estimate of drug-likeness (QED) is 0.607. The molecule has 0 fully saturated rings. The zero-order valence-corrected chi connectivity index (χ0v) is 17.0. The number of hydrogen-bond acceptors (Lipinski definition) is 5. The lowest BCUT2D eigenvalue weighted by atomic mass is 9.93. The molecule has 0 aliphatic carbocycles. The van der Waals surface area contributed by atoms with E-state index in [-0.39, 0.29) is 12.6 Å². The van der Waals surface area contributed by atoms with Crippen LogP contribution in [0.4, 0.5) is 4.79 Å². The standard InChI is InChI=1S/C24H23N3O3/c1-3-29-23-26-25-21(18-11-6-5-7-12-18)22(27(23)24(28)30-4-2)20-15-14-17-10-8-9-13-19(17)16-20/h5-16,22H,3-4H2,1-2H3. The predicted octanol–water partition coefficient (Wildman–Crippen LogP) is 5.15. The van der Waals surface area contributed by atoms with E-state index in [1.54, 1.807) is 6.92 Å². The van der Waals surface area contributed by atoms with Gasteiger partial charge >= 0.3 is 12.1 Å². The first-order valence-corrected chi connectivity index (χ1v) is 10.0. The van der Waals surface area contributed by atoms with Crippen molar-refractivity contribution >= 4 is 28.6 Å². The number of hydrogen-bond donors (Lipinski definition) is 0. The van der Waals surface area contributed by atoms with Gasteiger partial charge in [-0.05, 0) is 36.2 Å². The van der Waals surface area contributed by atoms with Crippen molar-refractivity contribution in [2.75, 3.05) is 13.2 Å². The minimum absolute atomic E-state index is 0.133. The SMILES string of the molecule is CCOC(=O)N1C(OCC)=NN=C(c2ccccc2)C1c1ccc2ccccc2c1. The van der Waals surface area contributed by atoms with Gasteiger partial charge in [0.1, 0.15) is 6.04 Å². The number of amidine groups is 1. The van der Waals surface area contributed by atoms with E-state index in [4.69, 9.17) is 9.47 Å². The fourth-order valence-electron chi connectivity index (χ4n) is 3.55. The molecule has 3 aromatic carbocycles. The molecule has 0 radical (unpaired) electrons. The minimum Gasteiger partial charge on any atom is -0.464 e. The van der Waals surface area contributed by atoms with Crippen molar-refractivity contribution in [3.8, 4) is 0 Å². The Kier molecular flexibility index (Phi) is 5.75. The maximum absolute atomic E-state index is 13.0. The lowest BCUT2D eigenvalue weighted by Crippen LogP contribution is -2.46. The highest BCUT2D eigenvalue weighted by molar-refractivity contribution is 6.11. The Morgan fingerprint density at radius 1 is 0.900 bits per heavy atom. The first-order chi connectivity index (χ1) is 14.7. The molecule has 3 aromatic rings. The van der Waals surface area contributed by atoms with Crippen LogP contribution >= 0.6 is 0 Å². The molecule has 1 atom stereocenters. The van der Waals surface area contributed by atoms with E-state index in [2.05, 4.69) is 22.3 Å². The summed E-state index contributed by atoms with van der Waals surface area (Å²) in [4.78, 5) is 14.4. The highest BCUT2D eigenvalue weighted by Gasteiger charge is 2.39. The summed E-state index contributed by atoms with van der Waals surface area (Å²) in [6.45, 7) is 4.22. The number of carbonyl (C=O) groups is 1. The second kappa shape index (κ2) is 8.78. The van der Waals surface area contributed by atoms with Crippen LogP contribution in [0.1, 0.15) is 31.0 Å². The van der Waals surface area contributed by atoms with Gasteiger partial charge in [-0.1, -0.05) is 71.8 Å². The van der Waals surface area contributed by atoms with Crippen LogP contribution < -0.4 is 0 Å². The van der Waals surface area contributed by atoms with Gasteiger partial charge in [-0.25, -0.2) is 9.69 Å². The molecule has 1 amide bonds. The number of fused-ring (bicyclic) bond motifs is 1. The van der Waals surface area contributed by atoms with Crippen molar-refractivity contribution in [2.45, 2.75) is 19.9 Å². The van der Waals surface area contributed by atoms with Crippen LogP contribution in [0.3, 0.4) is 0 Å². The third kappa shape index (κ3) is 3.76. The van der Waals surface area contributed by atoms with Crippen LogP contribution in [0.15, 0.2) is 83.0 Å². The Bertz CT molecular complexity index is 1110. The van der Waals surface area contributed by atoms with Crippen molar-refractivity contribution in [3.05, 3.63) is 83.9 Å². The summed E-state index contributed by atoms with van der Waals surface area (Å²) >= 11 is 0. The zero-order chi connectivity index (χ0) is 20.9. The molecule has 0 aromatic heterocycles. The van der Waals surface area contributed by atoms with Crippen molar-refractivity contribution in [1.29, 1.82) is 0 Å². The molecule has 30 heavy (non-hydrogen) atoms. The van der Waals surface area contributed by atoms with E-state index < -0.39 is 12.1 Å². The summed E-state index contributed by atoms with van der Waals surface area (Å²) in [6.07, 6.45) is -0.522. The molecule has 0 saturated carbocycles. The molecule has 1 aliphatic rings. The third-order valence-corrected chi connectivity index (χ3v) is 4.86. The summed E-state index contributed by atoms with van der Waals surface area (Å²) in [5, 5.41) is 10.9. The molecule has 152 valence electrons. The summed E-state index contributed by atoms with van der Waals surface area (Å²) < 4.78 is 11.0. The molecule has 1 aliphatic heterocycles. The largest absolute Gasteiger partial charge is 0.464 e. The van der Waals surface area contributed by atoms with Crippen LogP contribution in [0.25, 0.3) is 10.8 Å². The van der Waals surface area contributed by atoms with Gasteiger partial charge in [-0.3, -0.25) is 0 Å². The zero-order valence-electron chi connectivity index (χ0n) is 17.0. The van der Waals surface area contributed by atoms with E-state index in [1.165, 1.54) is 4.90 Å². The molecule has 4 rings (SSSR count). The first kappa shape index (κ1) is 19.6. The van der Waals surface area contributed by atoms with Gasteiger partial charge in [-0.2, -0.15) is 0 Å². The molecule has 0 bridgehead atoms. The number of ether oxygens (including phenoxy) is 2. The molecular formula is C24H23N3O3. The van der Waals surface area contributed by atoms with Gasteiger partial charge in [-0.15, -0.1) is 5.10 Å². The van der Waals surface area contributed by atoms with Crippen molar-refractivity contribution in [1.82, 2.24) is 4.90 Å². The number of nitrogens with zero attached hydrogens (tertiary/aromatic N) is 3. The van der Waals surface area contributed by atoms with Gasteiger partial charge in [0.15, 0.2) is 0 Å². The lowest BCUT2D eigenvalue weighted by molar-refractivity contribution is 0.111. The van der Waals surface area contributed by atoms with E-state index in [0.29, 0.717) is 12.3 Å². The average Bonchev–Trinajstić information content (AvgIpc) is 2.79. The van der Waals surface area contributed by atoms with Crippen molar-refractivity contribution in [3.63, 3.8) is 0 Å². The minimum atomic E-state index is -0.532. The van der Waals surface area contributed by atoms with E-state index >= 15 is 0 Å². The van der Waals surface area contributed by atoms with Gasteiger partial charge in [0.25, 0.3) is 0 Å². The third-order valence-electron chi connectivity index (χ3n) is 4.86. The average molecular weight is 401 g/mol. The Balaban J connectivity index is 1.89. The highest BCUT2D eigenvalue weighted by atomic mass is 16.6. The molecule has 0 N–H and O–H groups in total. The van der Waals surface area contributed by atoms with E-state index in [1.807, 2.05) is 67.6 Å². The van der Waals surface area contributed by atoms with Crippen LogP contribution in [0, 0.1) is 0 Å². The summed E-state index contributed by atoms with van der Waals surface area (Å²) in [7, 11) is 0. The Morgan fingerprint density at radius 3 is 2.37 bits per heavy atom. The molecule has 6 heteroatoms. The van der Waals surface area contributed by atoms with Gasteiger partial charge in [0.2, 0.25) is 0 Å². The van der Waals surface area contributed by atoms with Crippen molar-refractivity contribution < 1.29 is 14.3 Å². The summed E-state index contributed by atoms with van der Waals surface area (Å²) in [5.41, 5.74) is 2.43. The fourth-order valence-corrected chi connectivity index (χ4v) is 3.55. The number of amides is 1. The lowest BCUT2D eigenvalue weighted by Gasteiger charge is -2.33. The van der Waals surface area contributed by atoms with Crippen LogP contribution in [-0.2, 0) is 9.47 Å². The number of carbonyl (C=O) groups excluding carboxylic acids is 1. The summed E-state index contributed by atoms with van der Waals surface area (Å²) in [6, 6.07) is 23.6. The highest BCUT2D eigenvalue weighted by Crippen LogP contribution is 2.32. The maximum Gasteiger partial charge on any atom is 0.418 e. The second-order valence-corrected chi connectivity index (χ2v) is 6.74. The molecular weight excluding hydrogens is 378 g/mol. The first-order valence-electron chi connectivity index (χ1n) is 10.0. The normalized spacial score (nSPS) is 16.1. The molecule has 6 nitrogen and oxygen atoms in total.